The van der Waals surface area contributed by atoms with Crippen molar-refractivity contribution in [2.45, 2.75) is 56.8 Å². The van der Waals surface area contributed by atoms with E-state index < -0.39 is 5.41 Å². The monoisotopic (exact) mass is 774 g/mol. The molecule has 3 aliphatic rings. The highest BCUT2D eigenvalue weighted by atomic mass is 15.0. The molecule has 0 N–H and O–H groups in total. The van der Waals surface area contributed by atoms with Gasteiger partial charge in [0.1, 0.15) is 0 Å². The molecule has 0 saturated heterocycles. The summed E-state index contributed by atoms with van der Waals surface area (Å²) in [5.74, 6) is 4.25. The third-order valence-electron chi connectivity index (χ3n) is 14.0. The fourth-order valence-corrected chi connectivity index (χ4v) is 11.9. The average molecular weight is 775 g/mol. The fourth-order valence-electron chi connectivity index (χ4n) is 11.9. The van der Waals surface area contributed by atoms with Crippen molar-refractivity contribution in [3.8, 4) is 51.4 Å². The van der Waals surface area contributed by atoms with Crippen LogP contribution < -0.4 is 0 Å². The van der Waals surface area contributed by atoms with Crippen molar-refractivity contribution >= 4 is 10.8 Å². The molecule has 5 atom stereocenters. The zero-order valence-corrected chi connectivity index (χ0v) is 34.1. The minimum atomic E-state index is -0.708. The predicted octanol–water partition coefficient (Wildman–Crippen LogP) is 13.4. The molecule has 0 radical (unpaired) electrons. The summed E-state index contributed by atoms with van der Waals surface area (Å²) in [6.07, 6.45) is 6.55. The molecule has 3 unspecified atom stereocenters. The lowest BCUT2D eigenvalue weighted by Crippen LogP contribution is -2.42. The van der Waals surface area contributed by atoms with Gasteiger partial charge in [0.15, 0.2) is 17.5 Å². The normalized spacial score (nSPS) is 22.8. The van der Waals surface area contributed by atoms with Crippen LogP contribution in [0.1, 0.15) is 79.3 Å². The van der Waals surface area contributed by atoms with E-state index in [1.807, 2.05) is 12.1 Å². The highest BCUT2D eigenvalue weighted by molar-refractivity contribution is 5.92. The highest BCUT2D eigenvalue weighted by Crippen LogP contribution is 2.59. The van der Waals surface area contributed by atoms with E-state index in [2.05, 4.69) is 172 Å². The van der Waals surface area contributed by atoms with Gasteiger partial charge in [0.05, 0.1) is 17.0 Å². The van der Waals surface area contributed by atoms with E-state index in [9.17, 15) is 5.26 Å². The second-order valence-corrected chi connectivity index (χ2v) is 18.0. The molecule has 11 rings (SSSR count). The molecule has 0 amide bonds. The number of fused-ring (bicyclic) bond motifs is 6. The molecular formula is C56H46N4. The van der Waals surface area contributed by atoms with Crippen molar-refractivity contribution in [3.63, 3.8) is 0 Å². The van der Waals surface area contributed by atoms with Gasteiger partial charge < -0.3 is 0 Å². The van der Waals surface area contributed by atoms with Gasteiger partial charge in [-0.05, 0) is 123 Å². The molecule has 0 aliphatic heterocycles. The van der Waals surface area contributed by atoms with Crippen LogP contribution in [-0.4, -0.2) is 15.0 Å². The number of aromatic nitrogens is 3. The van der Waals surface area contributed by atoms with Gasteiger partial charge in [-0.3, -0.25) is 0 Å². The van der Waals surface area contributed by atoms with Gasteiger partial charge in [-0.15, -0.1) is 0 Å². The maximum atomic E-state index is 9.85. The molecule has 3 aliphatic carbocycles. The molecule has 2 bridgehead atoms. The Bertz CT molecular complexity index is 2940. The first-order valence-electron chi connectivity index (χ1n) is 21.6. The minimum absolute atomic E-state index is 0.241. The number of benzene rings is 7. The first-order valence-corrected chi connectivity index (χ1v) is 21.6. The number of hydrogen-bond acceptors (Lipinski definition) is 4. The molecule has 7 aromatic carbocycles. The van der Waals surface area contributed by atoms with Gasteiger partial charge in [0.2, 0.25) is 0 Å². The van der Waals surface area contributed by atoms with E-state index in [0.717, 1.165) is 62.1 Å². The minimum Gasteiger partial charge on any atom is -0.208 e. The number of hydrogen-bond donors (Lipinski definition) is 0. The lowest BCUT2D eigenvalue weighted by atomic mass is 9.54. The molecule has 290 valence electrons. The van der Waals surface area contributed by atoms with Crippen molar-refractivity contribution in [2.24, 2.45) is 17.8 Å². The summed E-state index contributed by atoms with van der Waals surface area (Å²) in [4.78, 5) is 16.1. The number of nitriles is 1. The Hall–Kier alpha value is -6.70. The molecular weight excluding hydrogens is 729 g/mol. The van der Waals surface area contributed by atoms with Crippen molar-refractivity contribution in [1.82, 2.24) is 15.0 Å². The summed E-state index contributed by atoms with van der Waals surface area (Å²) < 4.78 is 0. The van der Waals surface area contributed by atoms with Gasteiger partial charge in [-0.2, -0.15) is 5.26 Å². The summed E-state index contributed by atoms with van der Waals surface area (Å²) in [7, 11) is 0. The Morgan fingerprint density at radius 1 is 0.500 bits per heavy atom. The summed E-state index contributed by atoms with van der Waals surface area (Å²) in [6.45, 7) is 4.91. The first kappa shape index (κ1) is 36.4. The molecule has 4 heteroatoms. The van der Waals surface area contributed by atoms with Gasteiger partial charge in [0, 0.05) is 16.7 Å². The first-order chi connectivity index (χ1) is 29.4. The second kappa shape index (κ2) is 14.2. The highest BCUT2D eigenvalue weighted by Gasteiger charge is 2.48. The lowest BCUT2D eigenvalue weighted by Gasteiger charge is -2.50. The fraction of sp³-hybridized carbons (Fsp3) is 0.214. The van der Waals surface area contributed by atoms with E-state index in [-0.39, 0.29) is 5.41 Å². The molecule has 2 saturated carbocycles. The van der Waals surface area contributed by atoms with E-state index in [1.54, 1.807) is 0 Å². The maximum absolute atomic E-state index is 9.85. The van der Waals surface area contributed by atoms with Crippen LogP contribution in [0.15, 0.2) is 164 Å². The SMILES string of the molecule is C[C@@H]1CC2C[C@H](C)CC(c3ccc(-c4nc(-c5ccc6ccccc6c5)nc(-c5cccc6c5C(c5ccccc5)(c5ccc(C#N)cc5)c5ccccc5-6)n4)cc3)(C2)C1. The molecule has 8 aromatic rings. The van der Waals surface area contributed by atoms with Crippen LogP contribution in [0.5, 0.6) is 0 Å². The lowest BCUT2D eigenvalue weighted by molar-refractivity contribution is 0.0780. The second-order valence-electron chi connectivity index (χ2n) is 18.0. The van der Waals surface area contributed by atoms with Gasteiger partial charge in [-0.1, -0.05) is 159 Å². The molecule has 60 heavy (non-hydrogen) atoms. The van der Waals surface area contributed by atoms with Gasteiger partial charge in [0.25, 0.3) is 0 Å². The van der Waals surface area contributed by atoms with Gasteiger partial charge >= 0.3 is 0 Å². The van der Waals surface area contributed by atoms with Crippen molar-refractivity contribution in [3.05, 3.63) is 197 Å². The molecule has 0 spiro atoms. The number of nitrogens with zero attached hydrogens (tertiary/aromatic N) is 4. The van der Waals surface area contributed by atoms with Crippen molar-refractivity contribution < 1.29 is 0 Å². The smallest absolute Gasteiger partial charge is 0.164 e. The van der Waals surface area contributed by atoms with E-state index >= 15 is 0 Å². The summed E-state index contributed by atoms with van der Waals surface area (Å²) in [5.41, 5.74) is 11.4. The Labute approximate surface area is 352 Å². The van der Waals surface area contributed by atoms with E-state index in [1.165, 1.54) is 54.2 Å². The Kier molecular flexibility index (Phi) is 8.64. The topological polar surface area (TPSA) is 62.5 Å². The number of rotatable bonds is 6. The Balaban J connectivity index is 1.14. The Morgan fingerprint density at radius 3 is 1.83 bits per heavy atom. The van der Waals surface area contributed by atoms with Gasteiger partial charge in [-0.25, -0.2) is 15.0 Å². The van der Waals surface area contributed by atoms with E-state index in [4.69, 9.17) is 15.0 Å². The average Bonchev–Trinajstić information content (AvgIpc) is 3.60. The van der Waals surface area contributed by atoms with Crippen LogP contribution in [0, 0.1) is 29.1 Å². The summed E-state index contributed by atoms with van der Waals surface area (Å²) in [6, 6.07) is 60.7. The Morgan fingerprint density at radius 2 is 1.08 bits per heavy atom. The summed E-state index contributed by atoms with van der Waals surface area (Å²) >= 11 is 0. The third-order valence-corrected chi connectivity index (χ3v) is 14.0. The molecule has 1 heterocycles. The van der Waals surface area contributed by atoms with Crippen LogP contribution in [0.25, 0.3) is 56.1 Å². The molecule has 4 nitrogen and oxygen atoms in total. The quantitative estimate of drug-likeness (QED) is 0.169. The van der Waals surface area contributed by atoms with Crippen LogP contribution in [0.3, 0.4) is 0 Å². The third kappa shape index (κ3) is 5.82. The van der Waals surface area contributed by atoms with Crippen LogP contribution >= 0.6 is 0 Å². The largest absolute Gasteiger partial charge is 0.208 e. The maximum Gasteiger partial charge on any atom is 0.164 e. The van der Waals surface area contributed by atoms with Crippen LogP contribution in [0.2, 0.25) is 0 Å². The van der Waals surface area contributed by atoms with Crippen molar-refractivity contribution in [2.75, 3.05) is 0 Å². The standard InChI is InChI=1S/C56H46N4/c1-36-29-39-30-37(2)33-55(32-36,34-39)44-27-23-41(24-28-44)52-58-53(43-22-21-40-11-6-7-12-42(40)31-43)60-54(59-52)49-17-10-16-48-47-15-8-9-18-50(47)56(51(48)49,45-13-4-3-5-14-45)46-25-19-38(35-57)20-26-46/h3-28,31,36-37,39H,29-30,32-34H2,1-2H3/t36-,37+,39?,55?,56?. The zero-order chi connectivity index (χ0) is 40.4. The summed E-state index contributed by atoms with van der Waals surface area (Å²) in [5, 5.41) is 12.2. The van der Waals surface area contributed by atoms with E-state index in [0.29, 0.717) is 23.0 Å². The van der Waals surface area contributed by atoms with Crippen LogP contribution in [-0.2, 0) is 10.8 Å². The van der Waals surface area contributed by atoms with Crippen LogP contribution in [0.4, 0.5) is 0 Å². The van der Waals surface area contributed by atoms with Crippen molar-refractivity contribution in [1.29, 1.82) is 5.26 Å². The molecule has 1 aromatic heterocycles. The predicted molar refractivity (Wildman–Crippen MR) is 242 cm³/mol. The molecule has 2 fully saturated rings. The zero-order valence-electron chi connectivity index (χ0n) is 34.1.